The quantitative estimate of drug-likeness (QED) is 0.460. The first-order valence-corrected chi connectivity index (χ1v) is 8.57. The molecule has 0 saturated carbocycles. The average molecular weight is 351 g/mol. The summed E-state index contributed by atoms with van der Waals surface area (Å²) in [6.07, 6.45) is 0. The lowest BCUT2D eigenvalue weighted by molar-refractivity contribution is 0.0520. The molecule has 0 spiro atoms. The van der Waals surface area contributed by atoms with Crippen LogP contribution in [0.2, 0.25) is 0 Å². The Morgan fingerprint density at radius 1 is 1.04 bits per heavy atom. The second-order valence-corrected chi connectivity index (χ2v) is 5.63. The Morgan fingerprint density at radius 2 is 1.73 bits per heavy atom. The van der Waals surface area contributed by atoms with Gasteiger partial charge in [-0.2, -0.15) is 0 Å². The standard InChI is InChI=1S/C20H21N3O3/c1-2-26-20(24)18-19(17-11-7-4-8-12-17)23(22-21-18)13-14-25-15-16-9-5-3-6-10-16/h3-12H,2,13-15H2,1H3. The molecule has 26 heavy (non-hydrogen) atoms. The summed E-state index contributed by atoms with van der Waals surface area (Å²) in [7, 11) is 0. The van der Waals surface area contributed by atoms with Crippen LogP contribution in [-0.2, 0) is 22.6 Å². The molecule has 134 valence electrons. The Bertz CT molecular complexity index is 832. The van der Waals surface area contributed by atoms with E-state index >= 15 is 0 Å². The zero-order valence-corrected chi connectivity index (χ0v) is 14.7. The minimum Gasteiger partial charge on any atom is -0.461 e. The predicted octanol–water partition coefficient (Wildman–Crippen LogP) is 3.34. The van der Waals surface area contributed by atoms with Crippen molar-refractivity contribution in [3.8, 4) is 11.3 Å². The van der Waals surface area contributed by atoms with Crippen LogP contribution in [0.3, 0.4) is 0 Å². The Hall–Kier alpha value is -2.99. The molecule has 0 radical (unpaired) electrons. The summed E-state index contributed by atoms with van der Waals surface area (Å²) < 4.78 is 12.5. The lowest BCUT2D eigenvalue weighted by Gasteiger charge is -2.09. The van der Waals surface area contributed by atoms with E-state index in [0.717, 1.165) is 11.1 Å². The molecule has 0 saturated heterocycles. The van der Waals surface area contributed by atoms with Gasteiger partial charge in [0, 0.05) is 5.56 Å². The minimum atomic E-state index is -0.470. The third-order valence-corrected chi connectivity index (χ3v) is 3.81. The number of hydrogen-bond acceptors (Lipinski definition) is 5. The first-order valence-electron chi connectivity index (χ1n) is 8.57. The summed E-state index contributed by atoms with van der Waals surface area (Å²) >= 11 is 0. The fourth-order valence-corrected chi connectivity index (χ4v) is 2.60. The van der Waals surface area contributed by atoms with E-state index in [2.05, 4.69) is 10.3 Å². The van der Waals surface area contributed by atoms with Gasteiger partial charge in [-0.3, -0.25) is 0 Å². The highest BCUT2D eigenvalue weighted by Crippen LogP contribution is 2.22. The Labute approximate surface area is 152 Å². The van der Waals surface area contributed by atoms with Crippen molar-refractivity contribution >= 4 is 5.97 Å². The van der Waals surface area contributed by atoms with Crippen LogP contribution in [0.15, 0.2) is 60.7 Å². The lowest BCUT2D eigenvalue weighted by atomic mass is 10.1. The SMILES string of the molecule is CCOC(=O)c1nnn(CCOCc2ccccc2)c1-c1ccccc1. The van der Waals surface area contributed by atoms with Crippen molar-refractivity contribution in [1.82, 2.24) is 15.0 Å². The van der Waals surface area contributed by atoms with Crippen LogP contribution in [-0.4, -0.2) is 34.2 Å². The zero-order chi connectivity index (χ0) is 18.2. The van der Waals surface area contributed by atoms with Gasteiger partial charge < -0.3 is 9.47 Å². The van der Waals surface area contributed by atoms with E-state index in [9.17, 15) is 4.79 Å². The number of carbonyl (C=O) groups excluding carboxylic acids is 1. The molecule has 0 N–H and O–H groups in total. The van der Waals surface area contributed by atoms with Crippen LogP contribution in [0.4, 0.5) is 0 Å². The van der Waals surface area contributed by atoms with Crippen molar-refractivity contribution in [3.63, 3.8) is 0 Å². The topological polar surface area (TPSA) is 66.2 Å². The van der Waals surface area contributed by atoms with Crippen LogP contribution in [0.5, 0.6) is 0 Å². The van der Waals surface area contributed by atoms with Crippen LogP contribution in [0.25, 0.3) is 11.3 Å². The Balaban J connectivity index is 1.73. The van der Waals surface area contributed by atoms with E-state index in [0.29, 0.717) is 32.1 Å². The molecule has 0 fully saturated rings. The number of ether oxygens (including phenoxy) is 2. The maximum atomic E-state index is 12.2. The minimum absolute atomic E-state index is 0.223. The Morgan fingerprint density at radius 3 is 2.42 bits per heavy atom. The lowest BCUT2D eigenvalue weighted by Crippen LogP contribution is -2.11. The molecule has 3 aromatic rings. The van der Waals surface area contributed by atoms with Crippen molar-refractivity contribution in [2.45, 2.75) is 20.1 Å². The van der Waals surface area contributed by atoms with Gasteiger partial charge in [-0.15, -0.1) is 5.10 Å². The van der Waals surface area contributed by atoms with Crippen molar-refractivity contribution in [3.05, 3.63) is 71.9 Å². The van der Waals surface area contributed by atoms with E-state index in [-0.39, 0.29) is 5.69 Å². The van der Waals surface area contributed by atoms with Gasteiger partial charge in [0.05, 0.1) is 26.4 Å². The van der Waals surface area contributed by atoms with E-state index in [1.165, 1.54) is 0 Å². The van der Waals surface area contributed by atoms with E-state index in [1.54, 1.807) is 11.6 Å². The van der Waals surface area contributed by atoms with Gasteiger partial charge >= 0.3 is 5.97 Å². The fraction of sp³-hybridized carbons (Fsp3) is 0.250. The molecular formula is C20H21N3O3. The largest absolute Gasteiger partial charge is 0.461 e. The van der Waals surface area contributed by atoms with Crippen LogP contribution in [0.1, 0.15) is 23.0 Å². The zero-order valence-electron chi connectivity index (χ0n) is 14.7. The van der Waals surface area contributed by atoms with Gasteiger partial charge in [-0.25, -0.2) is 9.48 Å². The maximum absolute atomic E-state index is 12.2. The van der Waals surface area contributed by atoms with Crippen LogP contribution in [0, 0.1) is 0 Å². The summed E-state index contributed by atoms with van der Waals surface area (Å²) in [5.41, 5.74) is 2.85. The van der Waals surface area contributed by atoms with E-state index in [1.807, 2.05) is 60.7 Å². The summed E-state index contributed by atoms with van der Waals surface area (Å²) in [6.45, 7) is 3.53. The summed E-state index contributed by atoms with van der Waals surface area (Å²) in [5.74, 6) is -0.470. The van der Waals surface area contributed by atoms with Crippen molar-refractivity contribution in [1.29, 1.82) is 0 Å². The smallest absolute Gasteiger partial charge is 0.361 e. The van der Waals surface area contributed by atoms with Crippen molar-refractivity contribution < 1.29 is 14.3 Å². The molecule has 1 heterocycles. The molecular weight excluding hydrogens is 330 g/mol. The third kappa shape index (κ3) is 4.34. The number of carbonyl (C=O) groups is 1. The number of esters is 1. The third-order valence-electron chi connectivity index (χ3n) is 3.81. The number of benzene rings is 2. The molecule has 0 aliphatic carbocycles. The number of nitrogens with zero attached hydrogens (tertiary/aromatic N) is 3. The first-order chi connectivity index (χ1) is 12.8. The second kappa shape index (κ2) is 8.92. The number of aromatic nitrogens is 3. The fourth-order valence-electron chi connectivity index (χ4n) is 2.60. The van der Waals surface area contributed by atoms with Crippen LogP contribution < -0.4 is 0 Å². The van der Waals surface area contributed by atoms with Crippen molar-refractivity contribution in [2.24, 2.45) is 0 Å². The first kappa shape index (κ1) is 17.8. The van der Waals surface area contributed by atoms with Crippen LogP contribution >= 0.6 is 0 Å². The molecule has 2 aromatic carbocycles. The van der Waals surface area contributed by atoms with Gasteiger partial charge in [0.25, 0.3) is 0 Å². The van der Waals surface area contributed by atoms with Gasteiger partial charge in [-0.1, -0.05) is 65.9 Å². The second-order valence-electron chi connectivity index (χ2n) is 5.63. The van der Waals surface area contributed by atoms with Gasteiger partial charge in [0.15, 0.2) is 5.69 Å². The molecule has 6 heteroatoms. The molecule has 1 aromatic heterocycles. The van der Waals surface area contributed by atoms with Crippen molar-refractivity contribution in [2.75, 3.05) is 13.2 Å². The highest BCUT2D eigenvalue weighted by molar-refractivity contribution is 5.94. The summed E-state index contributed by atoms with van der Waals surface area (Å²) in [5, 5.41) is 8.16. The molecule has 3 rings (SSSR count). The number of rotatable bonds is 8. The van der Waals surface area contributed by atoms with E-state index in [4.69, 9.17) is 9.47 Å². The Kier molecular flexibility index (Phi) is 6.11. The predicted molar refractivity (Wildman–Crippen MR) is 97.5 cm³/mol. The highest BCUT2D eigenvalue weighted by Gasteiger charge is 2.22. The van der Waals surface area contributed by atoms with E-state index < -0.39 is 5.97 Å². The molecule has 0 atom stereocenters. The molecule has 0 aliphatic rings. The molecule has 6 nitrogen and oxygen atoms in total. The average Bonchev–Trinajstić information content (AvgIpc) is 3.11. The molecule has 0 amide bonds. The maximum Gasteiger partial charge on any atom is 0.361 e. The molecule has 0 unspecified atom stereocenters. The molecule has 0 bridgehead atoms. The van der Waals surface area contributed by atoms with Gasteiger partial charge in [0.1, 0.15) is 5.69 Å². The monoisotopic (exact) mass is 351 g/mol. The van der Waals surface area contributed by atoms with Gasteiger partial charge in [-0.05, 0) is 12.5 Å². The number of hydrogen-bond donors (Lipinski definition) is 0. The molecule has 0 aliphatic heterocycles. The highest BCUT2D eigenvalue weighted by atomic mass is 16.5. The summed E-state index contributed by atoms with van der Waals surface area (Å²) in [4.78, 5) is 12.2. The summed E-state index contributed by atoms with van der Waals surface area (Å²) in [6, 6.07) is 19.6. The van der Waals surface area contributed by atoms with Gasteiger partial charge in [0.2, 0.25) is 0 Å². The normalized spacial score (nSPS) is 10.7.